The van der Waals surface area contributed by atoms with Crippen molar-refractivity contribution in [1.29, 1.82) is 0 Å². The predicted octanol–water partition coefficient (Wildman–Crippen LogP) is 7.57. The van der Waals surface area contributed by atoms with Gasteiger partial charge in [-0.3, -0.25) is 0 Å². The van der Waals surface area contributed by atoms with E-state index in [0.717, 1.165) is 0 Å². The van der Waals surface area contributed by atoms with E-state index in [1.807, 2.05) is 0 Å². The fourth-order valence-electron chi connectivity index (χ4n) is 6.37. The van der Waals surface area contributed by atoms with Crippen LogP contribution in [0.25, 0.3) is 22.3 Å². The Morgan fingerprint density at radius 2 is 0.900 bits per heavy atom. The fraction of sp³-hybridized carbons (Fsp3) is 0.172. The zero-order valence-electron chi connectivity index (χ0n) is 17.8. The minimum Gasteiger partial charge on any atom is -0.0676 e. The number of hydrogen-bond acceptors (Lipinski definition) is 0. The summed E-state index contributed by atoms with van der Waals surface area (Å²) in [7, 11) is -1.97. The van der Waals surface area contributed by atoms with Gasteiger partial charge in [-0.15, -0.1) is 0 Å². The van der Waals surface area contributed by atoms with Crippen LogP contribution in [0.2, 0.25) is 13.1 Å². The van der Waals surface area contributed by atoms with Crippen LogP contribution in [0.4, 0.5) is 0 Å². The highest BCUT2D eigenvalue weighted by atomic mass is 28.3. The summed E-state index contributed by atoms with van der Waals surface area (Å²) in [6.45, 7) is 7.78. The highest BCUT2D eigenvalue weighted by Gasteiger charge is 2.56. The second-order valence-corrected chi connectivity index (χ2v) is 14.6. The molecule has 2 aliphatic carbocycles. The van der Waals surface area contributed by atoms with E-state index in [0.29, 0.717) is 5.54 Å². The molecule has 0 amide bonds. The summed E-state index contributed by atoms with van der Waals surface area (Å²) in [6, 6.07) is 36.5. The largest absolute Gasteiger partial charge is 0.0765 e. The van der Waals surface area contributed by atoms with Crippen LogP contribution in [-0.2, 0) is 5.04 Å². The molecule has 0 heterocycles. The van der Waals surface area contributed by atoms with Gasteiger partial charge in [-0.2, -0.15) is 0 Å². The second kappa shape index (κ2) is 6.06. The maximum Gasteiger partial charge on any atom is 0.0765 e. The summed E-state index contributed by atoms with van der Waals surface area (Å²) in [5.74, 6) is 0. The van der Waals surface area contributed by atoms with Gasteiger partial charge < -0.3 is 0 Å². The predicted molar refractivity (Wildman–Crippen MR) is 130 cm³/mol. The van der Waals surface area contributed by atoms with Gasteiger partial charge in [-0.05, 0) is 44.5 Å². The van der Waals surface area contributed by atoms with Crippen LogP contribution in [-0.4, -0.2) is 8.07 Å². The lowest BCUT2D eigenvalue weighted by atomic mass is 9.98. The lowest BCUT2D eigenvalue weighted by molar-refractivity contribution is 0.771. The number of hydrogen-bond donors (Lipinski definition) is 0. The average Bonchev–Trinajstić information content (AvgIpc) is 3.26. The van der Waals surface area contributed by atoms with Gasteiger partial charge in [0.05, 0.1) is 8.07 Å². The van der Waals surface area contributed by atoms with E-state index in [4.69, 9.17) is 0 Å². The molecular formula is C29H26Si. The van der Waals surface area contributed by atoms with Crippen molar-refractivity contribution in [2.75, 3.05) is 0 Å². The van der Waals surface area contributed by atoms with Gasteiger partial charge in [0, 0.05) is 10.6 Å². The highest BCUT2D eigenvalue weighted by molar-refractivity contribution is 6.83. The molecule has 2 aliphatic rings. The zero-order chi connectivity index (χ0) is 20.5. The zero-order valence-corrected chi connectivity index (χ0v) is 18.8. The van der Waals surface area contributed by atoms with E-state index in [9.17, 15) is 0 Å². The average molecular weight is 403 g/mol. The van der Waals surface area contributed by atoms with Gasteiger partial charge in [0.1, 0.15) is 0 Å². The Morgan fingerprint density at radius 1 is 0.533 bits per heavy atom. The van der Waals surface area contributed by atoms with Crippen LogP contribution in [0.5, 0.6) is 0 Å². The summed E-state index contributed by atoms with van der Waals surface area (Å²) in [5, 5.41) is 0.0510. The first-order chi connectivity index (χ1) is 14.5. The van der Waals surface area contributed by atoms with E-state index in [2.05, 4.69) is 117 Å². The van der Waals surface area contributed by atoms with Crippen LogP contribution in [0.1, 0.15) is 34.7 Å². The van der Waals surface area contributed by atoms with Gasteiger partial charge in [0.15, 0.2) is 0 Å². The van der Waals surface area contributed by atoms with Crippen LogP contribution in [0.15, 0.2) is 97.1 Å². The molecule has 0 unspecified atom stereocenters. The van der Waals surface area contributed by atoms with Crippen LogP contribution >= 0.6 is 0 Å². The summed E-state index contributed by atoms with van der Waals surface area (Å²) in [6.07, 6.45) is 0. The van der Waals surface area contributed by atoms with Crippen LogP contribution in [0, 0.1) is 0 Å². The highest BCUT2D eigenvalue weighted by Crippen LogP contribution is 2.59. The molecule has 0 saturated carbocycles. The number of benzene rings is 4. The number of fused-ring (bicyclic) bond motifs is 6. The molecular weight excluding hydrogens is 376 g/mol. The lowest BCUT2D eigenvalue weighted by Crippen LogP contribution is -2.54. The van der Waals surface area contributed by atoms with E-state index >= 15 is 0 Å². The van der Waals surface area contributed by atoms with E-state index < -0.39 is 8.07 Å². The van der Waals surface area contributed by atoms with Gasteiger partial charge in [0.2, 0.25) is 0 Å². The topological polar surface area (TPSA) is 0 Å². The maximum atomic E-state index is 2.62. The molecule has 0 N–H and O–H groups in total. The normalized spacial score (nSPS) is 16.0. The van der Waals surface area contributed by atoms with Gasteiger partial charge >= 0.3 is 0 Å². The first kappa shape index (κ1) is 17.9. The SMILES string of the molecule is CC1([Si](C)(C)C2c3ccccc3-c3ccccc32)c2ccccc2-c2ccccc21. The molecule has 4 aromatic carbocycles. The van der Waals surface area contributed by atoms with Crippen molar-refractivity contribution in [3.63, 3.8) is 0 Å². The van der Waals surface area contributed by atoms with Gasteiger partial charge in [0.25, 0.3) is 0 Å². The third-order valence-corrected chi connectivity index (χ3v) is 13.2. The Labute approximate surface area is 180 Å². The van der Waals surface area contributed by atoms with Crippen LogP contribution in [0.3, 0.4) is 0 Å². The molecule has 4 aromatic rings. The van der Waals surface area contributed by atoms with Crippen molar-refractivity contribution in [3.05, 3.63) is 119 Å². The molecule has 0 atom stereocenters. The second-order valence-electron chi connectivity index (χ2n) is 9.55. The van der Waals surface area contributed by atoms with E-state index in [1.54, 1.807) is 0 Å². The fourth-order valence-corrected chi connectivity index (χ4v) is 10.8. The number of rotatable bonds is 2. The first-order valence-electron chi connectivity index (χ1n) is 10.9. The van der Waals surface area contributed by atoms with Crippen LogP contribution < -0.4 is 0 Å². The Balaban J connectivity index is 1.65. The molecule has 0 aliphatic heterocycles. The monoisotopic (exact) mass is 402 g/mol. The molecule has 6 rings (SSSR count). The minimum absolute atomic E-state index is 0.0510. The summed E-state index contributed by atoms with van der Waals surface area (Å²) in [4.78, 5) is 0. The third kappa shape index (κ3) is 2.06. The van der Waals surface area contributed by atoms with Gasteiger partial charge in [-0.25, -0.2) is 0 Å². The quantitative estimate of drug-likeness (QED) is 0.303. The summed E-state index contributed by atoms with van der Waals surface area (Å²) >= 11 is 0. The van der Waals surface area contributed by atoms with Crippen molar-refractivity contribution in [3.8, 4) is 22.3 Å². The Bertz CT molecular complexity index is 1210. The molecule has 146 valence electrons. The smallest absolute Gasteiger partial charge is 0.0676 e. The van der Waals surface area contributed by atoms with Crippen molar-refractivity contribution in [2.24, 2.45) is 0 Å². The lowest BCUT2D eigenvalue weighted by Gasteiger charge is -2.46. The molecule has 0 aromatic heterocycles. The summed E-state index contributed by atoms with van der Waals surface area (Å²) in [5.41, 5.74) is 12.3. The molecule has 0 bridgehead atoms. The van der Waals surface area contributed by atoms with Gasteiger partial charge in [-0.1, -0.05) is 117 Å². The third-order valence-electron chi connectivity index (χ3n) is 8.07. The maximum absolute atomic E-state index is 2.62. The van der Waals surface area contributed by atoms with Crippen molar-refractivity contribution in [1.82, 2.24) is 0 Å². The van der Waals surface area contributed by atoms with Crippen molar-refractivity contribution >= 4 is 8.07 Å². The molecule has 0 spiro atoms. The molecule has 0 radical (unpaired) electrons. The molecule has 0 nitrogen and oxygen atoms in total. The Morgan fingerprint density at radius 3 is 1.37 bits per heavy atom. The molecule has 1 heteroatoms. The standard InChI is InChI=1S/C29H26Si/c1-29(26-18-10-8-14-22(26)23-15-9-11-19-27(23)29)30(2,3)28-24-16-6-4-12-20(24)21-13-5-7-17-25(21)28/h4-19,28H,1-3H3. The molecule has 0 saturated heterocycles. The minimum atomic E-state index is -1.97. The summed E-state index contributed by atoms with van der Waals surface area (Å²) < 4.78 is 0. The molecule has 30 heavy (non-hydrogen) atoms. The molecule has 0 fully saturated rings. The van der Waals surface area contributed by atoms with E-state index in [1.165, 1.54) is 44.5 Å². The van der Waals surface area contributed by atoms with Crippen molar-refractivity contribution < 1.29 is 0 Å². The Hall–Kier alpha value is -2.90. The van der Waals surface area contributed by atoms with Crippen molar-refractivity contribution in [2.45, 2.75) is 30.6 Å². The Kier molecular flexibility index (Phi) is 3.62. The first-order valence-corrected chi connectivity index (χ1v) is 14.0. The van der Waals surface area contributed by atoms with E-state index in [-0.39, 0.29) is 5.04 Å².